The zero-order valence-electron chi connectivity index (χ0n) is 9.45. The molecule has 0 atom stereocenters. The van der Waals surface area contributed by atoms with Crippen LogP contribution in [0.3, 0.4) is 0 Å². The molecule has 0 aliphatic heterocycles. The third-order valence-electron chi connectivity index (χ3n) is 2.17. The number of benzene rings is 1. The van der Waals surface area contributed by atoms with Gasteiger partial charge in [0.05, 0.1) is 10.2 Å². The highest BCUT2D eigenvalue weighted by molar-refractivity contribution is 9.11. The van der Waals surface area contributed by atoms with E-state index < -0.39 is 0 Å². The second-order valence-corrected chi connectivity index (χ2v) is 6.09. The Morgan fingerprint density at radius 3 is 2.63 bits per heavy atom. The third-order valence-corrected chi connectivity index (χ3v) is 3.90. The number of anilines is 2. The van der Waals surface area contributed by atoms with Gasteiger partial charge in [0, 0.05) is 15.7 Å². The van der Waals surface area contributed by atoms with E-state index in [4.69, 9.17) is 23.8 Å². The summed E-state index contributed by atoms with van der Waals surface area (Å²) in [5.74, 6) is 0.657. The van der Waals surface area contributed by atoms with E-state index in [0.29, 0.717) is 16.0 Å². The number of hydrogen-bond acceptors (Lipinski definition) is 2. The van der Waals surface area contributed by atoms with E-state index >= 15 is 0 Å². The van der Waals surface area contributed by atoms with Crippen LogP contribution >= 0.6 is 55.7 Å². The van der Waals surface area contributed by atoms with Crippen molar-refractivity contribution in [1.82, 2.24) is 4.98 Å². The van der Waals surface area contributed by atoms with E-state index in [1.807, 2.05) is 18.2 Å². The molecule has 2 rings (SSSR count). The summed E-state index contributed by atoms with van der Waals surface area (Å²) in [6, 6.07) is 9.14. The smallest absolute Gasteiger partial charge is 0.176 e. The Balaban J connectivity index is 2.08. The molecule has 0 amide bonds. The van der Waals surface area contributed by atoms with Crippen molar-refractivity contribution < 1.29 is 0 Å². The SMILES string of the molecule is S=C(Nc1ccc(Cl)cc1Br)Nc1ncccc1Br. The number of pyridine rings is 1. The van der Waals surface area contributed by atoms with Gasteiger partial charge in [0.15, 0.2) is 5.11 Å². The monoisotopic (exact) mass is 419 g/mol. The first-order valence-corrected chi connectivity index (χ1v) is 7.57. The van der Waals surface area contributed by atoms with Crippen molar-refractivity contribution in [2.24, 2.45) is 0 Å². The van der Waals surface area contributed by atoms with E-state index in [0.717, 1.165) is 14.6 Å². The molecule has 0 aliphatic carbocycles. The van der Waals surface area contributed by atoms with Crippen molar-refractivity contribution in [3.8, 4) is 0 Å². The predicted molar refractivity (Wildman–Crippen MR) is 90.9 cm³/mol. The van der Waals surface area contributed by atoms with Gasteiger partial charge in [-0.3, -0.25) is 0 Å². The van der Waals surface area contributed by atoms with E-state index in [-0.39, 0.29) is 0 Å². The fraction of sp³-hybridized carbons (Fsp3) is 0. The molecule has 0 bridgehead atoms. The van der Waals surface area contributed by atoms with Crippen LogP contribution in [-0.4, -0.2) is 10.1 Å². The number of nitrogens with one attached hydrogen (secondary N) is 2. The standard InChI is InChI=1S/C12H8Br2ClN3S/c13-8-2-1-5-16-11(8)18-12(19)17-10-4-3-7(15)6-9(10)14/h1-6H,(H2,16,17,18,19). The Bertz CT molecular complexity index is 622. The molecule has 0 saturated carbocycles. The fourth-order valence-corrected chi connectivity index (χ4v) is 2.67. The van der Waals surface area contributed by atoms with Gasteiger partial charge in [-0.15, -0.1) is 0 Å². The molecule has 1 aromatic carbocycles. The maximum Gasteiger partial charge on any atom is 0.176 e. The molecular formula is C12H8Br2ClN3S. The zero-order valence-corrected chi connectivity index (χ0v) is 14.2. The molecule has 3 nitrogen and oxygen atoms in total. The second-order valence-electron chi connectivity index (χ2n) is 3.54. The van der Waals surface area contributed by atoms with Crippen molar-refractivity contribution in [1.29, 1.82) is 0 Å². The van der Waals surface area contributed by atoms with Crippen LogP contribution in [0.15, 0.2) is 45.5 Å². The lowest BCUT2D eigenvalue weighted by Crippen LogP contribution is -2.20. The number of thiocarbonyl (C=S) groups is 1. The summed E-state index contributed by atoms with van der Waals surface area (Å²) in [4.78, 5) is 4.18. The highest BCUT2D eigenvalue weighted by Gasteiger charge is 2.05. The summed E-state index contributed by atoms with van der Waals surface area (Å²) in [6.45, 7) is 0. The summed E-state index contributed by atoms with van der Waals surface area (Å²) < 4.78 is 1.68. The number of hydrogen-bond donors (Lipinski definition) is 2. The Hall–Kier alpha value is -0.690. The molecule has 0 spiro atoms. The van der Waals surface area contributed by atoms with Crippen LogP contribution in [0.5, 0.6) is 0 Å². The Labute approximate surface area is 138 Å². The van der Waals surface area contributed by atoms with Gasteiger partial charge in [-0.25, -0.2) is 4.98 Å². The maximum absolute atomic E-state index is 5.88. The molecular weight excluding hydrogens is 413 g/mol. The molecule has 1 aromatic heterocycles. The third kappa shape index (κ3) is 4.14. The van der Waals surface area contributed by atoms with Gasteiger partial charge in [-0.2, -0.15) is 0 Å². The van der Waals surface area contributed by atoms with Crippen LogP contribution in [0, 0.1) is 0 Å². The van der Waals surface area contributed by atoms with Crippen molar-refractivity contribution >= 4 is 72.3 Å². The minimum atomic E-state index is 0.447. The van der Waals surface area contributed by atoms with Crippen molar-refractivity contribution in [2.75, 3.05) is 10.6 Å². The predicted octanol–water partition coefficient (Wildman–Crippen LogP) is 5.07. The number of halogens is 3. The van der Waals surface area contributed by atoms with E-state index in [1.54, 1.807) is 18.3 Å². The Kier molecular flexibility index (Phi) is 5.15. The molecule has 0 aliphatic rings. The zero-order chi connectivity index (χ0) is 13.8. The van der Waals surface area contributed by atoms with Crippen LogP contribution < -0.4 is 10.6 Å². The Morgan fingerprint density at radius 1 is 1.16 bits per heavy atom. The van der Waals surface area contributed by atoms with Crippen LogP contribution in [-0.2, 0) is 0 Å². The summed E-state index contributed by atoms with van der Waals surface area (Å²) in [5, 5.41) is 7.18. The molecule has 0 saturated heterocycles. The number of nitrogens with zero attached hydrogens (tertiary/aromatic N) is 1. The first kappa shape index (κ1) is 14.7. The van der Waals surface area contributed by atoms with Crippen molar-refractivity contribution in [2.45, 2.75) is 0 Å². The minimum Gasteiger partial charge on any atom is -0.331 e. The van der Waals surface area contributed by atoms with Gasteiger partial charge in [0.2, 0.25) is 0 Å². The van der Waals surface area contributed by atoms with Gasteiger partial charge >= 0.3 is 0 Å². The molecule has 98 valence electrons. The first-order chi connectivity index (χ1) is 9.06. The van der Waals surface area contributed by atoms with Gasteiger partial charge in [-0.05, 0) is 74.4 Å². The lowest BCUT2D eigenvalue weighted by Gasteiger charge is -2.12. The molecule has 1 heterocycles. The lowest BCUT2D eigenvalue weighted by atomic mass is 10.3. The maximum atomic E-state index is 5.88. The highest BCUT2D eigenvalue weighted by atomic mass is 79.9. The quantitative estimate of drug-likeness (QED) is 0.664. The average molecular weight is 422 g/mol. The van der Waals surface area contributed by atoms with Crippen LogP contribution in [0.4, 0.5) is 11.5 Å². The second kappa shape index (κ2) is 6.65. The fourth-order valence-electron chi connectivity index (χ4n) is 1.33. The van der Waals surface area contributed by atoms with Crippen LogP contribution in [0.2, 0.25) is 5.02 Å². The Morgan fingerprint density at radius 2 is 1.95 bits per heavy atom. The number of rotatable bonds is 2. The largest absolute Gasteiger partial charge is 0.331 e. The molecule has 19 heavy (non-hydrogen) atoms. The van der Waals surface area contributed by atoms with Crippen molar-refractivity contribution in [3.63, 3.8) is 0 Å². The van der Waals surface area contributed by atoms with Gasteiger partial charge in [0.25, 0.3) is 0 Å². The normalized spacial score (nSPS) is 10.1. The molecule has 0 fully saturated rings. The first-order valence-electron chi connectivity index (χ1n) is 5.20. The topological polar surface area (TPSA) is 37.0 Å². The van der Waals surface area contributed by atoms with Crippen LogP contribution in [0.25, 0.3) is 0 Å². The van der Waals surface area contributed by atoms with Crippen molar-refractivity contribution in [3.05, 3.63) is 50.5 Å². The average Bonchev–Trinajstić information content (AvgIpc) is 2.36. The molecule has 0 unspecified atom stereocenters. The van der Waals surface area contributed by atoms with Crippen LogP contribution in [0.1, 0.15) is 0 Å². The summed E-state index contributed by atoms with van der Waals surface area (Å²) in [5.41, 5.74) is 0.828. The lowest BCUT2D eigenvalue weighted by molar-refractivity contribution is 1.31. The van der Waals surface area contributed by atoms with E-state index in [1.165, 1.54) is 0 Å². The summed E-state index contributed by atoms with van der Waals surface area (Å²) in [6.07, 6.45) is 1.69. The molecule has 7 heteroatoms. The number of aromatic nitrogens is 1. The van der Waals surface area contributed by atoms with Gasteiger partial charge < -0.3 is 10.6 Å². The highest BCUT2D eigenvalue weighted by Crippen LogP contribution is 2.26. The minimum absolute atomic E-state index is 0.447. The van der Waals surface area contributed by atoms with E-state index in [9.17, 15) is 0 Å². The van der Waals surface area contributed by atoms with Gasteiger partial charge in [-0.1, -0.05) is 11.6 Å². The molecule has 0 radical (unpaired) electrons. The summed E-state index contributed by atoms with van der Waals surface area (Å²) >= 11 is 17.9. The molecule has 2 aromatic rings. The van der Waals surface area contributed by atoms with E-state index in [2.05, 4.69) is 47.5 Å². The summed E-state index contributed by atoms with van der Waals surface area (Å²) in [7, 11) is 0. The van der Waals surface area contributed by atoms with Gasteiger partial charge in [0.1, 0.15) is 5.82 Å². The molecule has 2 N–H and O–H groups in total.